The molecule has 30 nitrogen and oxygen atoms in total. The quantitative estimate of drug-likeness (QED) is 0.0223. The SMILES string of the molecule is CCCN(CCO)c1nc(Cc2ccc(/C=C/c3ccc(Nc4nc(Cc5cc(S(=O)(=O)[O-])ccc5S(=O)(=O)[O-])nc(N(CCO)CCO)n4)cc3S(=O)(=O)[O-])c(S(=O)(=O)[O-])c2)nc(Cc2cc(S(=O)(=O)[O-])ccc2S(=O)(=O)[O-])n1.[Na+].[Na+].[Na+].[Na+].[Na+].[Na+]. The average Bonchev–Trinajstić information content (AvgIpc) is 3.36. The van der Waals surface area contributed by atoms with Crippen LogP contribution >= 0.6 is 0 Å². The van der Waals surface area contributed by atoms with E-state index in [0.717, 1.165) is 36.4 Å². The number of nitrogens with zero attached hydrogens (tertiary/aromatic N) is 8. The number of benzene rings is 4. The number of aliphatic hydroxyl groups excluding tert-OH is 3. The zero-order valence-electron chi connectivity index (χ0n) is 47.1. The van der Waals surface area contributed by atoms with Crippen LogP contribution in [0.5, 0.6) is 0 Å². The van der Waals surface area contributed by atoms with Gasteiger partial charge in [0, 0.05) is 51.1 Å². The van der Waals surface area contributed by atoms with E-state index in [1.807, 2.05) is 0 Å². The Morgan fingerprint density at radius 1 is 0.430 bits per heavy atom. The first-order valence-electron chi connectivity index (χ1n) is 22.8. The van der Waals surface area contributed by atoms with E-state index in [4.69, 9.17) is 0 Å². The molecule has 0 atom stereocenters. The predicted molar refractivity (Wildman–Crippen MR) is 270 cm³/mol. The molecule has 0 bridgehead atoms. The summed E-state index contributed by atoms with van der Waals surface area (Å²) in [5.74, 6) is -1.76. The van der Waals surface area contributed by atoms with Crippen LogP contribution in [0.2, 0.25) is 0 Å². The Morgan fingerprint density at radius 3 is 1.22 bits per heavy atom. The van der Waals surface area contributed by atoms with Crippen molar-refractivity contribution in [2.24, 2.45) is 0 Å². The van der Waals surface area contributed by atoms with Gasteiger partial charge in [-0.2, -0.15) is 24.9 Å². The van der Waals surface area contributed by atoms with Gasteiger partial charge in [-0.05, 0) is 88.8 Å². The van der Waals surface area contributed by atoms with Crippen molar-refractivity contribution in [3.8, 4) is 0 Å². The van der Waals surface area contributed by atoms with Crippen molar-refractivity contribution >= 4 is 96.4 Å². The second-order valence-electron chi connectivity index (χ2n) is 16.9. The van der Waals surface area contributed by atoms with E-state index in [1.165, 1.54) is 21.9 Å². The van der Waals surface area contributed by atoms with Crippen LogP contribution in [0, 0.1) is 0 Å². The summed E-state index contributed by atoms with van der Waals surface area (Å²) in [6, 6.07) is 10.1. The third kappa shape index (κ3) is 24.4. The second-order valence-corrected chi connectivity index (χ2v) is 25.0. The van der Waals surface area contributed by atoms with Crippen molar-refractivity contribution in [2.45, 2.75) is 62.0 Å². The molecular formula is C44H43N9Na6O21S6. The predicted octanol–water partition coefficient (Wildman–Crippen LogP) is -18.8. The van der Waals surface area contributed by atoms with Crippen LogP contribution in [-0.4, -0.2) is 169 Å². The summed E-state index contributed by atoms with van der Waals surface area (Å²) in [6.45, 7) is 0.0592. The number of hydrogen-bond acceptors (Lipinski definition) is 30. The van der Waals surface area contributed by atoms with Crippen molar-refractivity contribution in [1.82, 2.24) is 29.9 Å². The maximum atomic E-state index is 12.8. The minimum absolute atomic E-state index is 0. The molecule has 42 heteroatoms. The van der Waals surface area contributed by atoms with E-state index in [-0.39, 0.29) is 249 Å². The minimum Gasteiger partial charge on any atom is -0.744 e. The normalized spacial score (nSPS) is 11.8. The Kier molecular flexibility index (Phi) is 35.9. The van der Waals surface area contributed by atoms with Gasteiger partial charge in [-0.15, -0.1) is 0 Å². The first-order chi connectivity index (χ1) is 37.2. The van der Waals surface area contributed by atoms with Gasteiger partial charge < -0.3 is 57.8 Å². The van der Waals surface area contributed by atoms with Crippen molar-refractivity contribution in [2.75, 3.05) is 61.1 Å². The molecule has 0 aliphatic carbocycles. The van der Waals surface area contributed by atoms with Gasteiger partial charge in [0.25, 0.3) is 0 Å². The zero-order valence-corrected chi connectivity index (χ0v) is 64.0. The van der Waals surface area contributed by atoms with E-state index >= 15 is 0 Å². The van der Waals surface area contributed by atoms with Crippen LogP contribution < -0.4 is 192 Å². The molecule has 0 aliphatic rings. The summed E-state index contributed by atoms with van der Waals surface area (Å²) < 4.78 is 220. The Balaban J connectivity index is 0.0000120. The van der Waals surface area contributed by atoms with Crippen LogP contribution in [0.1, 0.15) is 58.6 Å². The molecule has 4 aromatic carbocycles. The third-order valence-corrected chi connectivity index (χ3v) is 16.4. The summed E-state index contributed by atoms with van der Waals surface area (Å²) in [5.41, 5.74) is -1.91. The molecule has 2 aromatic heterocycles. The van der Waals surface area contributed by atoms with Crippen LogP contribution in [0.25, 0.3) is 12.2 Å². The van der Waals surface area contributed by atoms with Crippen LogP contribution in [0.4, 0.5) is 23.5 Å². The van der Waals surface area contributed by atoms with Crippen LogP contribution in [0.3, 0.4) is 0 Å². The van der Waals surface area contributed by atoms with Crippen LogP contribution in [-0.2, 0) is 80.0 Å². The maximum Gasteiger partial charge on any atom is 1.00 e. The fourth-order valence-corrected chi connectivity index (χ4v) is 11.6. The average molecular weight is 1360 g/mol. The first kappa shape index (κ1) is 85.4. The molecule has 0 aliphatic heterocycles. The molecular weight excluding hydrogens is 1320 g/mol. The Labute approximate surface area is 628 Å². The van der Waals surface area contributed by atoms with Gasteiger partial charge in [0.1, 0.15) is 78.2 Å². The first-order valence-corrected chi connectivity index (χ1v) is 31.2. The molecule has 0 saturated heterocycles. The summed E-state index contributed by atoms with van der Waals surface area (Å²) in [4.78, 5) is 22.8. The van der Waals surface area contributed by atoms with Crippen molar-refractivity contribution in [3.63, 3.8) is 0 Å². The molecule has 0 fully saturated rings. The Hall–Kier alpha value is -0.620. The van der Waals surface area contributed by atoms with Crippen LogP contribution in [0.15, 0.2) is 102 Å². The van der Waals surface area contributed by atoms with Gasteiger partial charge in [-0.1, -0.05) is 37.3 Å². The van der Waals surface area contributed by atoms with Gasteiger partial charge in [0.2, 0.25) is 17.8 Å². The molecule has 0 spiro atoms. The van der Waals surface area contributed by atoms with Gasteiger partial charge >= 0.3 is 177 Å². The Morgan fingerprint density at radius 2 is 0.814 bits per heavy atom. The number of hydrogen-bond donors (Lipinski definition) is 4. The number of aromatic nitrogens is 6. The molecule has 6 aromatic rings. The molecule has 2 heterocycles. The van der Waals surface area contributed by atoms with Crippen molar-refractivity contribution in [3.05, 3.63) is 118 Å². The van der Waals surface area contributed by atoms with Gasteiger partial charge in [-0.3, -0.25) is 0 Å². The van der Waals surface area contributed by atoms with E-state index in [1.54, 1.807) is 6.92 Å². The molecule has 0 amide bonds. The fraction of sp³-hybridized carbons (Fsp3) is 0.273. The molecule has 432 valence electrons. The van der Waals surface area contributed by atoms with E-state index in [9.17, 15) is 93.1 Å². The number of aliphatic hydroxyl groups is 3. The maximum absolute atomic E-state index is 12.8. The number of rotatable bonds is 26. The summed E-state index contributed by atoms with van der Waals surface area (Å²) in [7, 11) is -31.8. The van der Waals surface area contributed by atoms with Gasteiger partial charge in [0.05, 0.1) is 49.2 Å². The summed E-state index contributed by atoms with van der Waals surface area (Å²) in [6.07, 6.45) is 0.631. The molecule has 0 saturated carbocycles. The standard InChI is InChI=1S/C44H49N9O21S6.6Na/c1-2-13-52(14-17-54)43-48-39(46-40(49-43)24-30-22-33(75(57,58)59)9-11-35(30)77(63,64)65)21-27-3-4-28(37(20-27)79(69,70)71)5-6-29-7-8-32(26-38(29)80(72,73)74)45-42-47-41(50-44(51-42)53(15-18-55)16-19-56)25-31-23-34(76(60,61)62)10-12-36(31)78(66,67)68;;;;;;/h3-12,20,22-23,26,54-56H,2,13-19,21,24-25H2,1H3,(H,57,58,59)(H,60,61,62)(H,63,64,65)(H,66,67,68)(H,69,70,71)(H,72,73,74)(H,45,47,50,51);;;;;;/q;6*+1/p-6/b6-5+;;;;;;. The van der Waals surface area contributed by atoms with Crippen molar-refractivity contribution in [1.29, 1.82) is 0 Å². The topological polar surface area (TPSA) is 500 Å². The number of nitrogens with one attached hydrogen (secondary N) is 1. The molecule has 0 radical (unpaired) electrons. The smallest absolute Gasteiger partial charge is 0.744 e. The summed E-state index contributed by atoms with van der Waals surface area (Å²) >= 11 is 0. The Bertz CT molecular complexity index is 3820. The molecule has 86 heavy (non-hydrogen) atoms. The fourth-order valence-electron chi connectivity index (χ4n) is 7.72. The second kappa shape index (κ2) is 36.2. The van der Waals surface area contributed by atoms with E-state index < -0.39 is 152 Å². The summed E-state index contributed by atoms with van der Waals surface area (Å²) in [5, 5.41) is 31.8. The molecule has 6 rings (SSSR count). The van der Waals surface area contributed by atoms with Gasteiger partial charge in [0.15, 0.2) is 0 Å². The number of anilines is 4. The monoisotopic (exact) mass is 1360 g/mol. The van der Waals surface area contributed by atoms with E-state index in [0.29, 0.717) is 42.8 Å². The zero-order chi connectivity index (χ0) is 59.2. The third-order valence-electron chi connectivity index (χ3n) is 11.1. The van der Waals surface area contributed by atoms with Crippen molar-refractivity contribution < 1.29 is 270 Å². The van der Waals surface area contributed by atoms with E-state index in [2.05, 4.69) is 35.2 Å². The minimum atomic E-state index is -5.43. The van der Waals surface area contributed by atoms with Gasteiger partial charge in [-0.25, -0.2) is 55.5 Å². The largest absolute Gasteiger partial charge is 1.00 e. The molecule has 0 unspecified atom stereocenters. The molecule has 4 N–H and O–H groups in total.